The molecule has 0 aromatic carbocycles. The van der Waals surface area contributed by atoms with E-state index in [1.807, 2.05) is 23.9 Å². The van der Waals surface area contributed by atoms with E-state index in [2.05, 4.69) is 4.98 Å². The van der Waals surface area contributed by atoms with E-state index in [0.29, 0.717) is 19.8 Å². The van der Waals surface area contributed by atoms with Gasteiger partial charge in [-0.1, -0.05) is 0 Å². The van der Waals surface area contributed by atoms with E-state index in [9.17, 15) is 9.59 Å². The van der Waals surface area contributed by atoms with Crippen LogP contribution in [0.3, 0.4) is 0 Å². The van der Waals surface area contributed by atoms with Crippen LogP contribution in [0.15, 0.2) is 23.1 Å². The summed E-state index contributed by atoms with van der Waals surface area (Å²) in [6, 6.07) is 3.41. The molecule has 0 spiro atoms. The van der Waals surface area contributed by atoms with Crippen molar-refractivity contribution in [2.75, 3.05) is 40.4 Å². The Balaban J connectivity index is 2.19. The molecule has 1 aromatic heterocycles. The van der Waals surface area contributed by atoms with Gasteiger partial charge in [-0.3, -0.25) is 9.59 Å². The highest BCUT2D eigenvalue weighted by molar-refractivity contribution is 5.94. The van der Waals surface area contributed by atoms with Crippen LogP contribution < -0.4 is 5.56 Å². The van der Waals surface area contributed by atoms with Crippen molar-refractivity contribution in [2.45, 2.75) is 18.9 Å². The Morgan fingerprint density at radius 2 is 2.05 bits per heavy atom. The monoisotopic (exact) mass is 293 g/mol. The van der Waals surface area contributed by atoms with Gasteiger partial charge in [0, 0.05) is 38.5 Å². The number of carbonyl (C=O) groups is 1. The van der Waals surface area contributed by atoms with E-state index < -0.39 is 0 Å². The number of nitrogens with zero attached hydrogens (tertiary/aromatic N) is 2. The molecule has 116 valence electrons. The van der Waals surface area contributed by atoms with Crippen molar-refractivity contribution in [1.29, 1.82) is 0 Å². The molecule has 0 radical (unpaired) electrons. The van der Waals surface area contributed by atoms with Gasteiger partial charge in [-0.25, -0.2) is 0 Å². The van der Waals surface area contributed by atoms with Crippen LogP contribution in [0.25, 0.3) is 0 Å². The first kappa shape index (κ1) is 15.7. The van der Waals surface area contributed by atoms with Crippen LogP contribution in [0.1, 0.15) is 23.2 Å². The number of pyridine rings is 1. The Hall–Kier alpha value is -1.66. The SMILES string of the molecule is CN(C)CCN(C(=O)c1ccc[nH]c1=O)C1CCOCC1. The Bertz CT molecular complexity index is 521. The molecule has 1 aromatic rings. The van der Waals surface area contributed by atoms with Crippen LogP contribution in [0.4, 0.5) is 0 Å². The lowest BCUT2D eigenvalue weighted by atomic mass is 10.1. The third-order valence-corrected chi connectivity index (χ3v) is 3.73. The highest BCUT2D eigenvalue weighted by atomic mass is 16.5. The molecule has 0 unspecified atom stereocenters. The van der Waals surface area contributed by atoms with E-state index in [0.717, 1.165) is 19.4 Å². The molecule has 6 heteroatoms. The average Bonchev–Trinajstić information content (AvgIpc) is 2.48. The van der Waals surface area contributed by atoms with Gasteiger partial charge in [-0.05, 0) is 39.1 Å². The van der Waals surface area contributed by atoms with Crippen LogP contribution in [-0.2, 0) is 4.74 Å². The van der Waals surface area contributed by atoms with Crippen molar-refractivity contribution < 1.29 is 9.53 Å². The van der Waals surface area contributed by atoms with Crippen LogP contribution in [-0.4, -0.2) is 67.1 Å². The summed E-state index contributed by atoms with van der Waals surface area (Å²) < 4.78 is 5.37. The first-order valence-corrected chi connectivity index (χ1v) is 7.30. The number of amides is 1. The number of hydrogen-bond acceptors (Lipinski definition) is 4. The number of rotatable bonds is 5. The van der Waals surface area contributed by atoms with Crippen LogP contribution in [0, 0.1) is 0 Å². The molecular formula is C15H23N3O3. The fourth-order valence-corrected chi connectivity index (χ4v) is 2.50. The maximum Gasteiger partial charge on any atom is 0.260 e. The second-order valence-electron chi connectivity index (χ2n) is 5.56. The smallest absolute Gasteiger partial charge is 0.260 e. The fraction of sp³-hybridized carbons (Fsp3) is 0.600. The molecule has 1 aliphatic rings. The van der Waals surface area contributed by atoms with Crippen molar-refractivity contribution in [3.05, 3.63) is 34.2 Å². The summed E-state index contributed by atoms with van der Waals surface area (Å²) in [4.78, 5) is 31.0. The molecule has 1 N–H and O–H groups in total. The van der Waals surface area contributed by atoms with Crippen LogP contribution >= 0.6 is 0 Å². The van der Waals surface area contributed by atoms with Crippen molar-refractivity contribution >= 4 is 5.91 Å². The van der Waals surface area contributed by atoms with Gasteiger partial charge in [-0.2, -0.15) is 0 Å². The van der Waals surface area contributed by atoms with Crippen molar-refractivity contribution in [3.63, 3.8) is 0 Å². The van der Waals surface area contributed by atoms with Crippen molar-refractivity contribution in [2.24, 2.45) is 0 Å². The molecule has 1 aliphatic heterocycles. The number of ether oxygens (including phenoxy) is 1. The quantitative estimate of drug-likeness (QED) is 0.861. The summed E-state index contributed by atoms with van der Waals surface area (Å²) in [5.74, 6) is -0.189. The molecule has 1 amide bonds. The predicted octanol–water partition coefficient (Wildman–Crippen LogP) is 0.558. The molecule has 1 saturated heterocycles. The van der Waals surface area contributed by atoms with Gasteiger partial charge in [0.15, 0.2) is 0 Å². The highest BCUT2D eigenvalue weighted by Gasteiger charge is 2.27. The van der Waals surface area contributed by atoms with Crippen LogP contribution in [0.2, 0.25) is 0 Å². The largest absolute Gasteiger partial charge is 0.381 e. The zero-order valence-corrected chi connectivity index (χ0v) is 12.7. The summed E-state index contributed by atoms with van der Waals surface area (Å²) >= 11 is 0. The molecule has 1 fully saturated rings. The van der Waals surface area contributed by atoms with Crippen LogP contribution in [0.5, 0.6) is 0 Å². The minimum Gasteiger partial charge on any atom is -0.381 e. The van der Waals surface area contributed by atoms with Gasteiger partial charge >= 0.3 is 0 Å². The number of aromatic amines is 1. The first-order valence-electron chi connectivity index (χ1n) is 7.30. The van der Waals surface area contributed by atoms with Gasteiger partial charge in [0.2, 0.25) is 0 Å². The molecule has 0 atom stereocenters. The predicted molar refractivity (Wildman–Crippen MR) is 80.5 cm³/mol. The summed E-state index contributed by atoms with van der Waals surface area (Å²) in [6.45, 7) is 2.72. The maximum atomic E-state index is 12.7. The molecule has 2 heterocycles. The Labute approximate surface area is 124 Å². The maximum absolute atomic E-state index is 12.7. The second-order valence-corrected chi connectivity index (χ2v) is 5.56. The molecule has 0 aliphatic carbocycles. The zero-order valence-electron chi connectivity index (χ0n) is 12.7. The summed E-state index contributed by atoms with van der Waals surface area (Å²) in [6.07, 6.45) is 3.19. The third kappa shape index (κ3) is 4.15. The Kier molecular flexibility index (Phi) is 5.52. The number of hydrogen-bond donors (Lipinski definition) is 1. The number of nitrogens with one attached hydrogen (secondary N) is 1. The minimum absolute atomic E-state index is 0.144. The normalized spacial score (nSPS) is 16.1. The van der Waals surface area contributed by atoms with Gasteiger partial charge in [0.25, 0.3) is 11.5 Å². The molecule has 2 rings (SSSR count). The van der Waals surface area contributed by atoms with Gasteiger partial charge in [0.1, 0.15) is 5.56 Å². The topological polar surface area (TPSA) is 65.6 Å². The number of H-pyrrole nitrogens is 1. The molecule has 0 saturated carbocycles. The Morgan fingerprint density at radius 1 is 1.33 bits per heavy atom. The number of aromatic nitrogens is 1. The minimum atomic E-state index is -0.329. The number of likely N-dealkylation sites (N-methyl/N-ethyl adjacent to an activating group) is 1. The Morgan fingerprint density at radius 3 is 2.67 bits per heavy atom. The van der Waals surface area contributed by atoms with Gasteiger partial charge in [0.05, 0.1) is 0 Å². The number of carbonyl (C=O) groups excluding carboxylic acids is 1. The van der Waals surface area contributed by atoms with E-state index >= 15 is 0 Å². The lowest BCUT2D eigenvalue weighted by Gasteiger charge is -2.35. The lowest BCUT2D eigenvalue weighted by molar-refractivity contribution is 0.0275. The zero-order chi connectivity index (χ0) is 15.2. The standard InChI is InChI=1S/C15H23N3O3/c1-17(2)8-9-18(12-5-10-21-11-6-12)15(20)13-4-3-7-16-14(13)19/h3-4,7,12H,5-6,8-11H2,1-2H3,(H,16,19). The molecule has 0 bridgehead atoms. The second kappa shape index (κ2) is 7.38. The van der Waals surface area contributed by atoms with E-state index in [1.54, 1.807) is 12.1 Å². The molecule has 6 nitrogen and oxygen atoms in total. The lowest BCUT2D eigenvalue weighted by Crippen LogP contribution is -2.47. The average molecular weight is 293 g/mol. The summed E-state index contributed by atoms with van der Waals surface area (Å²) in [5, 5.41) is 0. The fourth-order valence-electron chi connectivity index (χ4n) is 2.50. The van der Waals surface area contributed by atoms with Gasteiger partial charge in [-0.15, -0.1) is 0 Å². The molecule has 21 heavy (non-hydrogen) atoms. The highest BCUT2D eigenvalue weighted by Crippen LogP contribution is 2.16. The van der Waals surface area contributed by atoms with E-state index in [1.165, 1.54) is 6.20 Å². The van der Waals surface area contributed by atoms with Crippen molar-refractivity contribution in [1.82, 2.24) is 14.8 Å². The third-order valence-electron chi connectivity index (χ3n) is 3.73. The van der Waals surface area contributed by atoms with E-state index in [4.69, 9.17) is 4.74 Å². The van der Waals surface area contributed by atoms with E-state index in [-0.39, 0.29) is 23.1 Å². The van der Waals surface area contributed by atoms with Gasteiger partial charge < -0.3 is 19.5 Å². The molecular weight excluding hydrogens is 270 g/mol. The summed E-state index contributed by atoms with van der Waals surface area (Å²) in [7, 11) is 3.95. The van der Waals surface area contributed by atoms with Crippen molar-refractivity contribution in [3.8, 4) is 0 Å². The summed E-state index contributed by atoms with van der Waals surface area (Å²) in [5.41, 5.74) is -0.118. The first-order chi connectivity index (χ1) is 10.1.